The lowest BCUT2D eigenvalue weighted by atomic mass is 9.71. The number of nitrogens with two attached hydrogens (primary N) is 1. The summed E-state index contributed by atoms with van der Waals surface area (Å²) in [5.41, 5.74) is 2.70. The third kappa shape index (κ3) is 6.40. The number of hydrogen-bond donors (Lipinski definition) is 7. The van der Waals surface area contributed by atoms with Gasteiger partial charge in [-0.05, 0) is 13.0 Å². The van der Waals surface area contributed by atoms with Crippen LogP contribution in [0.5, 0.6) is 17.2 Å². The molecule has 0 aromatic heterocycles. The van der Waals surface area contributed by atoms with Crippen LogP contribution in [0.2, 0.25) is 0 Å². The Labute approximate surface area is 277 Å². The summed E-state index contributed by atoms with van der Waals surface area (Å²) in [7, 11) is 5.11. The topological polar surface area (TPSA) is 231 Å². The van der Waals surface area contributed by atoms with Crippen LogP contribution in [0.15, 0.2) is 23.4 Å². The Morgan fingerprint density at radius 1 is 1.10 bits per heavy atom. The number of likely N-dealkylation sites (N-methyl/N-ethyl adjacent to an activating group) is 1. The second-order valence-electron chi connectivity index (χ2n) is 13.2. The number of ether oxygens (including phenoxy) is 3. The standard InChI is InChI=1S/C33H43N3O12/c1-16-28(39)19(34)12-23(47-16)48-21-14-33(44,22(15-38)35-46-11-9-36(2,3)8-10-37)13-18-25(21)32(43)27-26(30(18)41)29(40)17-6-5-7-20(45-4)24(17)31(27)42/h5-7,16,19,21,23,28,37-39,44H,8-15,34H2,1-4H3,(H-,40,41,42,43)/p+1/b35-22+/t16-,19-,21-,23-,28+,33+/m0/s1. The molecule has 8 N–H and O–H groups in total. The smallest absolute Gasteiger partial charge is 0.202 e. The fourth-order valence-electron chi connectivity index (χ4n) is 6.67. The maximum absolute atomic E-state index is 13.9. The van der Waals surface area contributed by atoms with Gasteiger partial charge in [0, 0.05) is 42.0 Å². The molecule has 48 heavy (non-hydrogen) atoms. The van der Waals surface area contributed by atoms with E-state index in [1.807, 2.05) is 14.1 Å². The van der Waals surface area contributed by atoms with E-state index >= 15 is 0 Å². The molecule has 262 valence electrons. The number of carbonyl (C=O) groups is 2. The summed E-state index contributed by atoms with van der Waals surface area (Å²) >= 11 is 0. The summed E-state index contributed by atoms with van der Waals surface area (Å²) in [6.07, 6.45) is -4.83. The molecule has 0 saturated carbocycles. The Bertz CT molecular complexity index is 1600. The average Bonchev–Trinajstić information content (AvgIpc) is 3.03. The first-order valence-electron chi connectivity index (χ1n) is 15.7. The molecule has 15 nitrogen and oxygen atoms in total. The maximum Gasteiger partial charge on any atom is 0.202 e. The van der Waals surface area contributed by atoms with Crippen molar-refractivity contribution in [2.24, 2.45) is 10.9 Å². The number of benzene rings is 2. The van der Waals surface area contributed by atoms with E-state index in [0.29, 0.717) is 17.6 Å². The maximum atomic E-state index is 13.9. The number of fused-ring (bicyclic) bond motifs is 3. The van der Waals surface area contributed by atoms with Gasteiger partial charge in [-0.25, -0.2) is 0 Å². The van der Waals surface area contributed by atoms with Crippen molar-refractivity contribution in [3.05, 3.63) is 51.6 Å². The molecule has 2 aliphatic carbocycles. The van der Waals surface area contributed by atoms with E-state index < -0.39 is 83.5 Å². The minimum absolute atomic E-state index is 0.0284. The van der Waals surface area contributed by atoms with Gasteiger partial charge in [0.05, 0.1) is 69.4 Å². The van der Waals surface area contributed by atoms with Gasteiger partial charge in [-0.15, -0.1) is 0 Å². The molecule has 15 heteroatoms. The van der Waals surface area contributed by atoms with Crippen LogP contribution in [0.1, 0.15) is 68.8 Å². The molecule has 1 aliphatic heterocycles. The Morgan fingerprint density at radius 3 is 2.46 bits per heavy atom. The van der Waals surface area contributed by atoms with E-state index in [2.05, 4.69) is 5.16 Å². The molecule has 0 amide bonds. The van der Waals surface area contributed by atoms with E-state index in [1.165, 1.54) is 25.3 Å². The zero-order chi connectivity index (χ0) is 35.1. The zero-order valence-electron chi connectivity index (χ0n) is 27.4. The molecule has 3 aliphatic rings. The molecule has 0 unspecified atom stereocenters. The summed E-state index contributed by atoms with van der Waals surface area (Å²) in [6.45, 7) is 1.81. The summed E-state index contributed by atoms with van der Waals surface area (Å²) in [6, 6.07) is 3.70. The predicted octanol–water partition coefficient (Wildman–Crippen LogP) is -0.126. The van der Waals surface area contributed by atoms with Crippen LogP contribution in [-0.2, 0) is 20.7 Å². The van der Waals surface area contributed by atoms with Crippen LogP contribution in [0.3, 0.4) is 0 Å². The summed E-state index contributed by atoms with van der Waals surface area (Å²) in [5.74, 6) is -2.67. The Hall–Kier alpha value is -3.67. The molecule has 5 rings (SSSR count). The highest BCUT2D eigenvalue weighted by atomic mass is 16.7. The van der Waals surface area contributed by atoms with Crippen molar-refractivity contribution in [2.75, 3.05) is 54.1 Å². The van der Waals surface area contributed by atoms with Gasteiger partial charge in [0.2, 0.25) is 5.78 Å². The van der Waals surface area contributed by atoms with Gasteiger partial charge in [0.15, 0.2) is 18.7 Å². The Morgan fingerprint density at radius 2 is 1.81 bits per heavy atom. The fraction of sp³-hybridized carbons (Fsp3) is 0.545. The molecule has 2 aromatic carbocycles. The number of nitrogens with zero attached hydrogens (tertiary/aromatic N) is 2. The normalized spacial score (nSPS) is 27.3. The van der Waals surface area contributed by atoms with Gasteiger partial charge in [-0.1, -0.05) is 17.3 Å². The molecule has 0 bridgehead atoms. The van der Waals surface area contributed by atoms with Gasteiger partial charge < -0.3 is 59.9 Å². The molecule has 2 aromatic rings. The number of ketones is 2. The third-order valence-corrected chi connectivity index (χ3v) is 9.50. The zero-order valence-corrected chi connectivity index (χ0v) is 27.4. The van der Waals surface area contributed by atoms with Crippen LogP contribution in [0, 0.1) is 0 Å². The number of oxime groups is 1. The van der Waals surface area contributed by atoms with Crippen molar-refractivity contribution in [3.8, 4) is 17.2 Å². The fourth-order valence-corrected chi connectivity index (χ4v) is 6.67. The lowest BCUT2D eigenvalue weighted by Gasteiger charge is -2.42. The molecule has 1 saturated heterocycles. The highest BCUT2D eigenvalue weighted by molar-refractivity contribution is 6.31. The van der Waals surface area contributed by atoms with Crippen molar-refractivity contribution >= 4 is 17.3 Å². The quantitative estimate of drug-likeness (QED) is 0.0463. The average molecular weight is 675 g/mol. The molecular weight excluding hydrogens is 630 g/mol. The minimum Gasteiger partial charge on any atom is -0.507 e. The van der Waals surface area contributed by atoms with Crippen molar-refractivity contribution in [1.29, 1.82) is 0 Å². The number of rotatable bonds is 11. The summed E-state index contributed by atoms with van der Waals surface area (Å²) < 4.78 is 17.9. The number of phenolic OH excluding ortho intramolecular Hbond substituents is 2. The molecule has 1 heterocycles. The lowest BCUT2D eigenvalue weighted by molar-refractivity contribution is -0.891. The van der Waals surface area contributed by atoms with Crippen LogP contribution in [-0.4, -0.2) is 137 Å². The van der Waals surface area contributed by atoms with Gasteiger partial charge >= 0.3 is 0 Å². The number of aliphatic hydroxyl groups excluding tert-OH is 3. The Kier molecular flexibility index (Phi) is 10.2. The van der Waals surface area contributed by atoms with Gasteiger partial charge in [0.25, 0.3) is 0 Å². The van der Waals surface area contributed by atoms with E-state index in [4.69, 9.17) is 24.8 Å². The van der Waals surface area contributed by atoms with Crippen LogP contribution in [0.4, 0.5) is 0 Å². The van der Waals surface area contributed by atoms with Crippen LogP contribution < -0.4 is 10.5 Å². The van der Waals surface area contributed by atoms with E-state index in [1.54, 1.807) is 6.92 Å². The van der Waals surface area contributed by atoms with E-state index in [9.17, 15) is 40.2 Å². The second-order valence-corrected chi connectivity index (χ2v) is 13.2. The van der Waals surface area contributed by atoms with Gasteiger partial charge in [0.1, 0.15) is 41.7 Å². The molecule has 6 atom stereocenters. The first kappa shape index (κ1) is 35.6. The lowest BCUT2D eigenvalue weighted by Crippen LogP contribution is -2.53. The number of quaternary nitrogens is 1. The van der Waals surface area contributed by atoms with Crippen molar-refractivity contribution in [3.63, 3.8) is 0 Å². The number of methoxy groups -OCH3 is 1. The highest BCUT2D eigenvalue weighted by Crippen LogP contribution is 2.52. The number of hydrogen-bond acceptors (Lipinski definition) is 14. The first-order valence-corrected chi connectivity index (χ1v) is 15.7. The van der Waals surface area contributed by atoms with Crippen LogP contribution >= 0.6 is 0 Å². The van der Waals surface area contributed by atoms with Gasteiger partial charge in [-0.3, -0.25) is 9.59 Å². The van der Waals surface area contributed by atoms with E-state index in [-0.39, 0.29) is 59.8 Å². The number of phenols is 2. The largest absolute Gasteiger partial charge is 0.507 e. The third-order valence-electron chi connectivity index (χ3n) is 9.50. The highest BCUT2D eigenvalue weighted by Gasteiger charge is 2.49. The minimum atomic E-state index is -2.04. The predicted molar refractivity (Wildman–Crippen MR) is 169 cm³/mol. The van der Waals surface area contributed by atoms with Crippen molar-refractivity contribution < 1.29 is 63.8 Å². The monoisotopic (exact) mass is 674 g/mol. The summed E-state index contributed by atoms with van der Waals surface area (Å²) in [5, 5.41) is 69.6. The van der Waals surface area contributed by atoms with Crippen molar-refractivity contribution in [1.82, 2.24) is 0 Å². The van der Waals surface area contributed by atoms with Crippen molar-refractivity contribution in [2.45, 2.75) is 62.4 Å². The number of carbonyl (C=O) groups excluding carboxylic acids is 2. The second kappa shape index (κ2) is 13.7. The molecule has 0 radical (unpaired) electrons. The summed E-state index contributed by atoms with van der Waals surface area (Å²) in [4.78, 5) is 33.2. The first-order chi connectivity index (χ1) is 22.7. The number of aromatic hydroxyl groups is 2. The number of aliphatic hydroxyl groups is 4. The molecular formula is C33H44N3O12+. The van der Waals surface area contributed by atoms with E-state index in [0.717, 1.165) is 0 Å². The Balaban J connectivity index is 1.60. The molecule has 1 fully saturated rings. The van der Waals surface area contributed by atoms with Gasteiger partial charge in [-0.2, -0.15) is 0 Å². The molecule has 0 spiro atoms. The van der Waals surface area contributed by atoms with Crippen LogP contribution in [0.25, 0.3) is 0 Å². The SMILES string of the molecule is COc1cccc2c1C(=O)c1c(O)c3c(c(O)c1C2=O)C[C@](O)(/C(CO)=N/OCC[N+](C)(C)CCO)C[C@@H]3O[C@H]1C[C@H](N)[C@H](O)[C@H](C)O1.